The Hall–Kier alpha value is -2.87. The molecule has 0 spiro atoms. The van der Waals surface area contributed by atoms with Gasteiger partial charge in [0.05, 0.1) is 23.5 Å². The molecule has 0 unspecified atom stereocenters. The van der Waals surface area contributed by atoms with Crippen LogP contribution in [0.3, 0.4) is 0 Å². The minimum atomic E-state index is 0.182. The fraction of sp³-hybridized carbons (Fsp3) is 0.333. The summed E-state index contributed by atoms with van der Waals surface area (Å²) in [6.07, 6.45) is 5.12. The number of rotatable bonds is 6. The number of aromatic nitrogens is 3. The van der Waals surface area contributed by atoms with Gasteiger partial charge in [-0.2, -0.15) is 4.98 Å². The molecule has 0 atom stereocenters. The average molecular weight is 410 g/mol. The van der Waals surface area contributed by atoms with E-state index in [0.29, 0.717) is 17.5 Å². The summed E-state index contributed by atoms with van der Waals surface area (Å²) in [5, 5.41) is 4.84. The summed E-state index contributed by atoms with van der Waals surface area (Å²) in [7, 11) is 1.62. The minimum absolute atomic E-state index is 0.182. The summed E-state index contributed by atoms with van der Waals surface area (Å²) in [6.45, 7) is 1.75. The molecule has 0 aliphatic carbocycles. The quantitative estimate of drug-likeness (QED) is 0.570. The molecule has 1 amide bonds. The highest BCUT2D eigenvalue weighted by Gasteiger charge is 2.17. The van der Waals surface area contributed by atoms with Gasteiger partial charge in [-0.1, -0.05) is 16.9 Å². The van der Waals surface area contributed by atoms with Crippen molar-refractivity contribution in [2.24, 2.45) is 0 Å². The molecule has 3 aromatic rings. The molecule has 150 valence electrons. The lowest BCUT2D eigenvalue weighted by atomic mass is 10.1. The number of carbonyl (C=O) groups excluding carboxylic acids is 1. The first kappa shape index (κ1) is 19.4. The second-order valence-corrected chi connectivity index (χ2v) is 7.76. The average Bonchev–Trinajstić information content (AvgIpc) is 3.29. The van der Waals surface area contributed by atoms with Crippen LogP contribution in [0.2, 0.25) is 0 Å². The van der Waals surface area contributed by atoms with Crippen LogP contribution in [0.4, 0.5) is 0 Å². The largest absolute Gasteiger partial charge is 0.497 e. The second-order valence-electron chi connectivity index (χ2n) is 6.77. The number of benzene rings is 1. The van der Waals surface area contributed by atoms with Gasteiger partial charge in [0, 0.05) is 24.8 Å². The maximum absolute atomic E-state index is 12.3. The van der Waals surface area contributed by atoms with Crippen molar-refractivity contribution in [1.29, 1.82) is 0 Å². The van der Waals surface area contributed by atoms with Crippen molar-refractivity contribution in [3.05, 3.63) is 42.6 Å². The molecule has 1 fully saturated rings. The van der Waals surface area contributed by atoms with E-state index in [1.54, 1.807) is 13.3 Å². The molecule has 0 N–H and O–H groups in total. The normalized spacial score (nSPS) is 14.0. The highest BCUT2D eigenvalue weighted by atomic mass is 32.2. The Morgan fingerprint density at radius 2 is 1.86 bits per heavy atom. The molecule has 3 heterocycles. The van der Waals surface area contributed by atoms with Gasteiger partial charge in [0.2, 0.25) is 11.7 Å². The lowest BCUT2D eigenvalue weighted by molar-refractivity contribution is -0.129. The summed E-state index contributed by atoms with van der Waals surface area (Å²) in [4.78, 5) is 23.1. The Morgan fingerprint density at radius 3 is 2.55 bits per heavy atom. The fourth-order valence-electron chi connectivity index (χ4n) is 3.16. The number of likely N-dealkylation sites (tertiary alicyclic amines) is 1. The Balaban J connectivity index is 1.37. The molecular weight excluding hydrogens is 388 g/mol. The van der Waals surface area contributed by atoms with Crippen molar-refractivity contribution < 1.29 is 14.1 Å². The molecule has 7 nitrogen and oxygen atoms in total. The molecule has 0 saturated carbocycles. The van der Waals surface area contributed by atoms with E-state index in [1.807, 2.05) is 41.3 Å². The van der Waals surface area contributed by atoms with Gasteiger partial charge in [-0.15, -0.1) is 0 Å². The zero-order chi connectivity index (χ0) is 20.1. The predicted molar refractivity (Wildman–Crippen MR) is 111 cm³/mol. The third-order valence-corrected chi connectivity index (χ3v) is 5.74. The van der Waals surface area contributed by atoms with Gasteiger partial charge in [0.1, 0.15) is 5.75 Å². The molecule has 4 rings (SSSR count). The van der Waals surface area contributed by atoms with Gasteiger partial charge in [0.15, 0.2) is 0 Å². The van der Waals surface area contributed by atoms with Crippen molar-refractivity contribution in [3.63, 3.8) is 0 Å². The van der Waals surface area contributed by atoms with Crippen LogP contribution in [0.15, 0.2) is 52.1 Å². The molecule has 29 heavy (non-hydrogen) atoms. The Kier molecular flexibility index (Phi) is 6.09. The molecule has 8 heteroatoms. The summed E-state index contributed by atoms with van der Waals surface area (Å²) < 4.78 is 10.5. The second kappa shape index (κ2) is 9.09. The van der Waals surface area contributed by atoms with Gasteiger partial charge >= 0.3 is 0 Å². The Bertz CT molecular complexity index is 951. The number of carbonyl (C=O) groups is 1. The number of pyridine rings is 1. The van der Waals surface area contributed by atoms with Crippen molar-refractivity contribution in [2.45, 2.75) is 24.3 Å². The number of ether oxygens (including phenoxy) is 1. The van der Waals surface area contributed by atoms with Crippen LogP contribution in [-0.4, -0.2) is 51.9 Å². The molecule has 0 bridgehead atoms. The molecule has 0 radical (unpaired) electrons. The van der Waals surface area contributed by atoms with Crippen LogP contribution >= 0.6 is 11.8 Å². The molecule has 1 aliphatic rings. The minimum Gasteiger partial charge on any atom is -0.497 e. The van der Waals surface area contributed by atoms with E-state index in [1.165, 1.54) is 18.2 Å². The van der Waals surface area contributed by atoms with Gasteiger partial charge in [-0.25, -0.2) is 4.98 Å². The van der Waals surface area contributed by atoms with E-state index >= 15 is 0 Å². The number of thioether (sulfide) groups is 1. The van der Waals surface area contributed by atoms with Crippen LogP contribution in [0.25, 0.3) is 22.8 Å². The van der Waals surface area contributed by atoms with Gasteiger partial charge in [-0.05, 0) is 55.7 Å². The van der Waals surface area contributed by atoms with Crippen LogP contribution in [0.5, 0.6) is 5.75 Å². The number of piperidine rings is 1. The van der Waals surface area contributed by atoms with Gasteiger partial charge in [-0.3, -0.25) is 4.79 Å². The smallest absolute Gasteiger partial charge is 0.259 e. The third kappa shape index (κ3) is 4.76. The van der Waals surface area contributed by atoms with E-state index in [-0.39, 0.29) is 5.91 Å². The highest BCUT2D eigenvalue weighted by molar-refractivity contribution is 7.99. The summed E-state index contributed by atoms with van der Waals surface area (Å²) >= 11 is 1.45. The van der Waals surface area contributed by atoms with Crippen LogP contribution in [-0.2, 0) is 4.79 Å². The lowest BCUT2D eigenvalue weighted by Gasteiger charge is -2.26. The lowest BCUT2D eigenvalue weighted by Crippen LogP contribution is -2.36. The van der Waals surface area contributed by atoms with E-state index in [4.69, 9.17) is 9.26 Å². The first-order chi connectivity index (χ1) is 14.2. The van der Waals surface area contributed by atoms with E-state index in [2.05, 4.69) is 15.1 Å². The van der Waals surface area contributed by atoms with Crippen LogP contribution < -0.4 is 4.74 Å². The zero-order valence-corrected chi connectivity index (χ0v) is 17.0. The van der Waals surface area contributed by atoms with Crippen molar-refractivity contribution in [2.75, 3.05) is 26.0 Å². The number of nitrogens with zero attached hydrogens (tertiary/aromatic N) is 4. The molecule has 1 saturated heterocycles. The van der Waals surface area contributed by atoms with E-state index in [9.17, 15) is 4.79 Å². The number of hydrogen-bond donors (Lipinski definition) is 0. The summed E-state index contributed by atoms with van der Waals surface area (Å²) in [5.41, 5.74) is 1.58. The SMILES string of the molecule is COc1ccc(-c2noc(-c3ccc(SCC(=O)N4CCCCC4)nc3)n2)cc1. The maximum Gasteiger partial charge on any atom is 0.259 e. The number of methoxy groups -OCH3 is 1. The third-order valence-electron chi connectivity index (χ3n) is 4.81. The van der Waals surface area contributed by atoms with Crippen molar-refractivity contribution in [1.82, 2.24) is 20.0 Å². The van der Waals surface area contributed by atoms with Gasteiger partial charge in [0.25, 0.3) is 5.89 Å². The summed E-state index contributed by atoms with van der Waals surface area (Å²) in [6, 6.07) is 11.2. The summed E-state index contributed by atoms with van der Waals surface area (Å²) in [5.74, 6) is 2.28. The first-order valence-electron chi connectivity index (χ1n) is 9.58. The predicted octanol–water partition coefficient (Wildman–Crippen LogP) is 3.91. The van der Waals surface area contributed by atoms with Crippen LogP contribution in [0.1, 0.15) is 19.3 Å². The number of amides is 1. The van der Waals surface area contributed by atoms with Crippen LogP contribution in [0, 0.1) is 0 Å². The fourth-order valence-corrected chi connectivity index (χ4v) is 3.91. The topological polar surface area (TPSA) is 81.4 Å². The number of hydrogen-bond acceptors (Lipinski definition) is 7. The Labute approximate surface area is 173 Å². The maximum atomic E-state index is 12.3. The first-order valence-corrected chi connectivity index (χ1v) is 10.6. The van der Waals surface area contributed by atoms with E-state index < -0.39 is 0 Å². The van der Waals surface area contributed by atoms with Crippen molar-refractivity contribution in [3.8, 4) is 28.6 Å². The monoisotopic (exact) mass is 410 g/mol. The standard InChI is InChI=1S/C21H22N4O3S/c1-27-17-8-5-15(6-9-17)20-23-21(28-24-20)16-7-10-18(22-13-16)29-14-19(26)25-11-3-2-4-12-25/h5-10,13H,2-4,11-12,14H2,1H3. The molecule has 2 aromatic heterocycles. The molecular formula is C21H22N4O3S. The Morgan fingerprint density at radius 1 is 1.10 bits per heavy atom. The van der Waals surface area contributed by atoms with E-state index in [0.717, 1.165) is 47.8 Å². The molecule has 1 aromatic carbocycles. The molecule has 1 aliphatic heterocycles. The van der Waals surface area contributed by atoms with Crippen molar-refractivity contribution >= 4 is 17.7 Å². The highest BCUT2D eigenvalue weighted by Crippen LogP contribution is 2.25. The zero-order valence-electron chi connectivity index (χ0n) is 16.2. The van der Waals surface area contributed by atoms with Gasteiger partial charge < -0.3 is 14.2 Å².